The average molecular weight is 561 g/mol. The van der Waals surface area contributed by atoms with Crippen LogP contribution in [0.5, 0.6) is 11.6 Å². The Morgan fingerprint density at radius 2 is 1.90 bits per heavy atom. The van der Waals surface area contributed by atoms with Crippen molar-refractivity contribution >= 4 is 5.97 Å². The lowest BCUT2D eigenvalue weighted by atomic mass is 9.82. The van der Waals surface area contributed by atoms with Crippen LogP contribution in [-0.4, -0.2) is 40.7 Å². The Hall–Kier alpha value is -3.45. The van der Waals surface area contributed by atoms with Gasteiger partial charge >= 0.3 is 5.97 Å². The third kappa shape index (κ3) is 6.25. The average Bonchev–Trinajstić information content (AvgIpc) is 3.78. The van der Waals surface area contributed by atoms with Crippen LogP contribution in [0.4, 0.5) is 4.39 Å². The number of methoxy groups -OCH3 is 1. The van der Waals surface area contributed by atoms with Crippen molar-refractivity contribution in [1.29, 1.82) is 0 Å². The standard InChI is InChI=1S/C34H41FN2O4/c1-20(33(38)39)32(22-8-9-22)24-10-7-21-12-14-29(41-30(21)16-24)23-11-13-26(25(15-23)19-37(5)34(2,3)4)27-17-31(40-6)36-18-28(27)35/h7,10-11,13,15-18,20,22,29,32H,8-9,12,14,19H2,1-6H3,(H,38,39)/t20-,29+,32+/m1/s1. The van der Waals surface area contributed by atoms with Crippen molar-refractivity contribution in [1.82, 2.24) is 9.88 Å². The van der Waals surface area contributed by atoms with Gasteiger partial charge in [-0.05, 0) is 99.2 Å². The maximum absolute atomic E-state index is 15.0. The van der Waals surface area contributed by atoms with Crippen LogP contribution in [0.2, 0.25) is 0 Å². The third-order valence-electron chi connectivity index (χ3n) is 8.86. The summed E-state index contributed by atoms with van der Waals surface area (Å²) in [6, 6.07) is 14.1. The Morgan fingerprint density at radius 3 is 2.56 bits per heavy atom. The van der Waals surface area contributed by atoms with Crippen LogP contribution in [0.15, 0.2) is 48.7 Å². The van der Waals surface area contributed by atoms with Gasteiger partial charge in [-0.25, -0.2) is 9.37 Å². The highest BCUT2D eigenvalue weighted by molar-refractivity contribution is 5.71. The van der Waals surface area contributed by atoms with E-state index in [1.165, 1.54) is 13.3 Å². The highest BCUT2D eigenvalue weighted by Gasteiger charge is 2.39. The number of ether oxygens (including phenoxy) is 2. The van der Waals surface area contributed by atoms with Crippen LogP contribution in [-0.2, 0) is 17.8 Å². The normalized spacial score (nSPS) is 18.4. The lowest BCUT2D eigenvalue weighted by Gasteiger charge is -2.33. The number of fused-ring (bicyclic) bond motifs is 1. The fourth-order valence-corrected chi connectivity index (χ4v) is 5.84. The van der Waals surface area contributed by atoms with Crippen molar-refractivity contribution in [3.05, 3.63) is 76.7 Å². The van der Waals surface area contributed by atoms with Crippen LogP contribution in [0, 0.1) is 17.7 Å². The number of carbonyl (C=O) groups is 1. The fraction of sp³-hybridized carbons (Fsp3) is 0.471. The van der Waals surface area contributed by atoms with E-state index in [1.807, 2.05) is 19.1 Å². The predicted molar refractivity (Wildman–Crippen MR) is 158 cm³/mol. The highest BCUT2D eigenvalue weighted by Crippen LogP contribution is 2.48. The number of rotatable bonds is 9. The number of nitrogens with zero attached hydrogens (tertiary/aromatic N) is 2. The van der Waals surface area contributed by atoms with Gasteiger partial charge < -0.3 is 14.6 Å². The van der Waals surface area contributed by atoms with E-state index in [0.29, 0.717) is 23.9 Å². The molecule has 0 unspecified atom stereocenters. The van der Waals surface area contributed by atoms with Gasteiger partial charge in [0.2, 0.25) is 5.88 Å². The van der Waals surface area contributed by atoms with Gasteiger partial charge in [-0.15, -0.1) is 0 Å². The van der Waals surface area contributed by atoms with E-state index in [0.717, 1.165) is 59.3 Å². The molecule has 1 N–H and O–H groups in total. The summed E-state index contributed by atoms with van der Waals surface area (Å²) >= 11 is 0. The van der Waals surface area contributed by atoms with Crippen molar-refractivity contribution in [2.75, 3.05) is 14.2 Å². The van der Waals surface area contributed by atoms with Crippen LogP contribution >= 0.6 is 0 Å². The Labute approximate surface area is 242 Å². The first-order chi connectivity index (χ1) is 19.5. The molecule has 0 amide bonds. The van der Waals surface area contributed by atoms with Crippen molar-refractivity contribution < 1.29 is 23.8 Å². The van der Waals surface area contributed by atoms with Crippen molar-refractivity contribution in [2.45, 2.75) is 77.5 Å². The molecule has 2 heterocycles. The molecule has 218 valence electrons. The first-order valence-electron chi connectivity index (χ1n) is 14.5. The number of hydrogen-bond acceptors (Lipinski definition) is 5. The summed E-state index contributed by atoms with van der Waals surface area (Å²) in [7, 11) is 3.60. The number of hydrogen-bond donors (Lipinski definition) is 1. The SMILES string of the molecule is COc1cc(-c2ccc([C@@H]3CCc4ccc([C@H](C5CC5)[C@@H](C)C(=O)O)cc4O3)cc2CN(C)C(C)(C)C)c(F)cn1. The monoisotopic (exact) mass is 560 g/mol. The second kappa shape index (κ2) is 11.4. The van der Waals surface area contributed by atoms with E-state index in [1.54, 1.807) is 6.07 Å². The second-order valence-electron chi connectivity index (χ2n) is 12.7. The lowest BCUT2D eigenvalue weighted by Crippen LogP contribution is -2.37. The number of halogens is 1. The number of carboxylic acids is 1. The van der Waals surface area contributed by atoms with Crippen LogP contribution in [0.1, 0.15) is 81.2 Å². The molecule has 2 aliphatic rings. The van der Waals surface area contributed by atoms with E-state index in [4.69, 9.17) is 9.47 Å². The molecule has 41 heavy (non-hydrogen) atoms. The van der Waals surface area contributed by atoms with Gasteiger partial charge in [-0.1, -0.05) is 37.3 Å². The van der Waals surface area contributed by atoms with E-state index in [-0.39, 0.29) is 17.6 Å². The maximum atomic E-state index is 15.0. The van der Waals surface area contributed by atoms with Crippen LogP contribution in [0.25, 0.3) is 11.1 Å². The smallest absolute Gasteiger partial charge is 0.306 e. The van der Waals surface area contributed by atoms with Crippen LogP contribution < -0.4 is 9.47 Å². The molecule has 1 aromatic heterocycles. The summed E-state index contributed by atoms with van der Waals surface area (Å²) in [6.45, 7) is 8.91. The van der Waals surface area contributed by atoms with Gasteiger partial charge in [-0.3, -0.25) is 9.69 Å². The quantitative estimate of drug-likeness (QED) is 0.294. The molecule has 6 nitrogen and oxygen atoms in total. The molecule has 2 aromatic carbocycles. The topological polar surface area (TPSA) is 71.9 Å². The van der Waals surface area contributed by atoms with Gasteiger partial charge in [0.05, 0.1) is 19.2 Å². The number of benzene rings is 2. The van der Waals surface area contributed by atoms with E-state index >= 15 is 4.39 Å². The fourth-order valence-electron chi connectivity index (χ4n) is 5.84. The molecule has 1 fully saturated rings. The molecule has 0 radical (unpaired) electrons. The summed E-state index contributed by atoms with van der Waals surface area (Å²) in [6.07, 6.45) is 4.90. The molecule has 1 aliphatic carbocycles. The first kappa shape index (κ1) is 29.1. The highest BCUT2D eigenvalue weighted by atomic mass is 19.1. The number of aromatic nitrogens is 1. The molecular formula is C34H41FN2O4. The Kier molecular flexibility index (Phi) is 8.11. The zero-order valence-corrected chi connectivity index (χ0v) is 24.9. The molecular weight excluding hydrogens is 519 g/mol. The minimum Gasteiger partial charge on any atom is -0.485 e. The van der Waals surface area contributed by atoms with Gasteiger partial charge in [0.15, 0.2) is 0 Å². The van der Waals surface area contributed by atoms with Gasteiger partial charge in [-0.2, -0.15) is 0 Å². The Morgan fingerprint density at radius 1 is 1.15 bits per heavy atom. The Bertz CT molecular complexity index is 1430. The number of aryl methyl sites for hydroxylation is 1. The largest absolute Gasteiger partial charge is 0.485 e. The molecule has 5 rings (SSSR count). The van der Waals surface area contributed by atoms with Crippen LogP contribution in [0.3, 0.4) is 0 Å². The predicted octanol–water partition coefficient (Wildman–Crippen LogP) is 7.41. The van der Waals surface area contributed by atoms with Crippen molar-refractivity contribution in [3.63, 3.8) is 0 Å². The van der Waals surface area contributed by atoms with Crippen molar-refractivity contribution in [2.24, 2.45) is 11.8 Å². The summed E-state index contributed by atoms with van der Waals surface area (Å²) in [5.74, 6) is 0.0224. The minimum absolute atomic E-state index is 0.00662. The molecule has 0 spiro atoms. The molecule has 0 saturated heterocycles. The van der Waals surface area contributed by atoms with E-state index in [9.17, 15) is 9.90 Å². The van der Waals surface area contributed by atoms with E-state index < -0.39 is 17.7 Å². The van der Waals surface area contributed by atoms with Gasteiger partial charge in [0.25, 0.3) is 0 Å². The van der Waals surface area contributed by atoms with Crippen molar-refractivity contribution in [3.8, 4) is 22.8 Å². The third-order valence-corrected chi connectivity index (χ3v) is 8.86. The van der Waals surface area contributed by atoms with Gasteiger partial charge in [0, 0.05) is 23.7 Å². The molecule has 3 aromatic rings. The van der Waals surface area contributed by atoms with Gasteiger partial charge in [0.1, 0.15) is 17.7 Å². The number of aliphatic carboxylic acids is 1. The first-order valence-corrected chi connectivity index (χ1v) is 14.5. The van der Waals surface area contributed by atoms with E-state index in [2.05, 4.69) is 62.0 Å². The zero-order chi connectivity index (χ0) is 29.5. The molecule has 1 aliphatic heterocycles. The summed E-state index contributed by atoms with van der Waals surface area (Å²) in [5, 5.41) is 9.74. The minimum atomic E-state index is -0.755. The summed E-state index contributed by atoms with van der Waals surface area (Å²) < 4.78 is 26.9. The zero-order valence-electron chi connectivity index (χ0n) is 24.9. The number of carboxylic acid groups (broad SMARTS) is 1. The molecule has 3 atom stereocenters. The second-order valence-corrected chi connectivity index (χ2v) is 12.7. The maximum Gasteiger partial charge on any atom is 0.306 e. The molecule has 0 bridgehead atoms. The summed E-state index contributed by atoms with van der Waals surface area (Å²) in [5.41, 5.74) is 5.42. The number of pyridine rings is 1. The summed E-state index contributed by atoms with van der Waals surface area (Å²) in [4.78, 5) is 18.1. The molecule has 7 heteroatoms. The lowest BCUT2D eigenvalue weighted by molar-refractivity contribution is -0.142. The Balaban J connectivity index is 1.48. The molecule has 1 saturated carbocycles.